The standard InChI is InChI=1S/C15H19BrN2O2/c1-5-20-14(19)12(16)11-8-6-7-10-9-17-18(13(10)11)15(2,3)4/h6-9,12H,5H2,1-4H3. The molecule has 0 fully saturated rings. The molecule has 1 atom stereocenters. The molecule has 0 bridgehead atoms. The fourth-order valence-electron chi connectivity index (χ4n) is 2.16. The largest absolute Gasteiger partial charge is 0.465 e. The Labute approximate surface area is 127 Å². The van der Waals surface area contributed by atoms with Gasteiger partial charge in [0.25, 0.3) is 0 Å². The van der Waals surface area contributed by atoms with Crippen LogP contribution in [0.4, 0.5) is 0 Å². The molecule has 0 saturated carbocycles. The van der Waals surface area contributed by atoms with E-state index in [4.69, 9.17) is 4.74 Å². The van der Waals surface area contributed by atoms with Crippen molar-refractivity contribution in [1.82, 2.24) is 9.78 Å². The Morgan fingerprint density at radius 3 is 2.75 bits per heavy atom. The number of rotatable bonds is 3. The van der Waals surface area contributed by atoms with E-state index in [0.717, 1.165) is 16.5 Å². The van der Waals surface area contributed by atoms with Crippen LogP contribution in [0.25, 0.3) is 10.9 Å². The lowest BCUT2D eigenvalue weighted by Gasteiger charge is -2.22. The molecule has 4 nitrogen and oxygen atoms in total. The lowest BCUT2D eigenvalue weighted by atomic mass is 10.1. The van der Waals surface area contributed by atoms with Crippen LogP contribution in [0.2, 0.25) is 0 Å². The predicted octanol–water partition coefficient (Wildman–Crippen LogP) is 3.79. The molecule has 20 heavy (non-hydrogen) atoms. The van der Waals surface area contributed by atoms with Crippen molar-refractivity contribution in [2.45, 2.75) is 38.1 Å². The lowest BCUT2D eigenvalue weighted by Crippen LogP contribution is -2.24. The van der Waals surface area contributed by atoms with Crippen molar-refractivity contribution in [3.05, 3.63) is 30.0 Å². The van der Waals surface area contributed by atoms with Crippen LogP contribution in [0, 0.1) is 0 Å². The van der Waals surface area contributed by atoms with Gasteiger partial charge in [0.1, 0.15) is 4.83 Å². The van der Waals surface area contributed by atoms with Crippen molar-refractivity contribution in [3.8, 4) is 0 Å². The minimum Gasteiger partial charge on any atom is -0.465 e. The zero-order chi connectivity index (χ0) is 14.9. The first-order valence-corrected chi connectivity index (χ1v) is 7.55. The number of fused-ring (bicyclic) bond motifs is 1. The zero-order valence-corrected chi connectivity index (χ0v) is 13.8. The first kappa shape index (κ1) is 15.0. The highest BCUT2D eigenvalue weighted by molar-refractivity contribution is 9.09. The molecule has 1 unspecified atom stereocenters. The van der Waals surface area contributed by atoms with Gasteiger partial charge in [-0.25, -0.2) is 0 Å². The first-order chi connectivity index (χ1) is 9.36. The maximum Gasteiger partial charge on any atom is 0.324 e. The van der Waals surface area contributed by atoms with Crippen LogP contribution < -0.4 is 0 Å². The van der Waals surface area contributed by atoms with Crippen molar-refractivity contribution in [3.63, 3.8) is 0 Å². The Hall–Kier alpha value is -1.36. The maximum absolute atomic E-state index is 12.0. The van der Waals surface area contributed by atoms with E-state index in [9.17, 15) is 4.79 Å². The molecule has 0 N–H and O–H groups in total. The second kappa shape index (κ2) is 5.56. The van der Waals surface area contributed by atoms with Gasteiger partial charge in [0, 0.05) is 10.9 Å². The molecule has 5 heteroatoms. The van der Waals surface area contributed by atoms with Crippen LogP contribution in [-0.2, 0) is 15.1 Å². The Bertz CT molecular complexity index is 628. The van der Waals surface area contributed by atoms with E-state index in [1.807, 2.05) is 29.1 Å². The number of esters is 1. The monoisotopic (exact) mass is 338 g/mol. The van der Waals surface area contributed by atoms with Crippen molar-refractivity contribution < 1.29 is 9.53 Å². The van der Waals surface area contributed by atoms with Gasteiger partial charge < -0.3 is 4.74 Å². The second-order valence-corrected chi connectivity index (χ2v) is 6.54. The number of carbonyl (C=O) groups excluding carboxylic acids is 1. The molecule has 108 valence electrons. The molecule has 0 aliphatic carbocycles. The van der Waals surface area contributed by atoms with Gasteiger partial charge in [-0.05, 0) is 27.7 Å². The maximum atomic E-state index is 12.0. The Kier molecular flexibility index (Phi) is 4.18. The number of ether oxygens (including phenoxy) is 1. The third kappa shape index (κ3) is 2.73. The molecule has 0 radical (unpaired) electrons. The molecule has 0 spiro atoms. The number of benzene rings is 1. The van der Waals surface area contributed by atoms with E-state index >= 15 is 0 Å². The summed E-state index contributed by atoms with van der Waals surface area (Å²) in [5.74, 6) is -0.276. The lowest BCUT2D eigenvalue weighted by molar-refractivity contribution is -0.142. The Morgan fingerprint density at radius 2 is 2.15 bits per heavy atom. The SMILES string of the molecule is CCOC(=O)C(Br)c1cccc2cnn(C(C)(C)C)c12. The molecule has 1 heterocycles. The molecule has 0 aliphatic rings. The highest BCUT2D eigenvalue weighted by Gasteiger charge is 2.25. The summed E-state index contributed by atoms with van der Waals surface area (Å²) in [6.45, 7) is 8.44. The summed E-state index contributed by atoms with van der Waals surface area (Å²) in [5.41, 5.74) is 1.70. The number of carbonyl (C=O) groups is 1. The molecule has 2 aromatic rings. The van der Waals surface area contributed by atoms with Gasteiger partial charge in [0.05, 0.1) is 23.9 Å². The van der Waals surface area contributed by atoms with Crippen LogP contribution in [0.1, 0.15) is 38.1 Å². The van der Waals surface area contributed by atoms with E-state index < -0.39 is 4.83 Å². The molecular formula is C15H19BrN2O2. The number of para-hydroxylation sites is 1. The van der Waals surface area contributed by atoms with Crippen LogP contribution in [-0.4, -0.2) is 22.4 Å². The third-order valence-corrected chi connectivity index (χ3v) is 3.89. The van der Waals surface area contributed by atoms with E-state index in [1.165, 1.54) is 0 Å². The normalized spacial score (nSPS) is 13.4. The summed E-state index contributed by atoms with van der Waals surface area (Å²) < 4.78 is 7.04. The molecule has 0 aliphatic heterocycles. The average molecular weight is 339 g/mol. The third-order valence-electron chi connectivity index (χ3n) is 3.02. The zero-order valence-electron chi connectivity index (χ0n) is 12.2. The van der Waals surface area contributed by atoms with Crippen LogP contribution in [0.3, 0.4) is 0 Å². The van der Waals surface area contributed by atoms with Crippen molar-refractivity contribution in [2.75, 3.05) is 6.61 Å². The fraction of sp³-hybridized carbons (Fsp3) is 0.467. The number of alkyl halides is 1. The number of hydrogen-bond donors (Lipinski definition) is 0. The van der Waals surface area contributed by atoms with E-state index in [-0.39, 0.29) is 11.5 Å². The van der Waals surface area contributed by atoms with E-state index in [0.29, 0.717) is 6.61 Å². The number of halogens is 1. The highest BCUT2D eigenvalue weighted by atomic mass is 79.9. The van der Waals surface area contributed by atoms with Crippen LogP contribution in [0.15, 0.2) is 24.4 Å². The van der Waals surface area contributed by atoms with E-state index in [2.05, 4.69) is 41.8 Å². The summed E-state index contributed by atoms with van der Waals surface area (Å²) in [6.07, 6.45) is 1.83. The summed E-state index contributed by atoms with van der Waals surface area (Å²) in [4.78, 5) is 11.5. The summed E-state index contributed by atoms with van der Waals surface area (Å²) in [6, 6.07) is 5.86. The molecule has 1 aromatic heterocycles. The number of nitrogens with zero attached hydrogens (tertiary/aromatic N) is 2. The Morgan fingerprint density at radius 1 is 1.45 bits per heavy atom. The summed E-state index contributed by atoms with van der Waals surface area (Å²) >= 11 is 3.44. The smallest absolute Gasteiger partial charge is 0.324 e. The minimum atomic E-state index is -0.482. The van der Waals surface area contributed by atoms with Crippen molar-refractivity contribution in [1.29, 1.82) is 0 Å². The quantitative estimate of drug-likeness (QED) is 0.631. The second-order valence-electron chi connectivity index (χ2n) is 5.63. The Balaban J connectivity index is 2.59. The predicted molar refractivity (Wildman–Crippen MR) is 83.0 cm³/mol. The molecule has 0 amide bonds. The molecule has 1 aromatic carbocycles. The molecular weight excluding hydrogens is 320 g/mol. The van der Waals surface area contributed by atoms with Crippen molar-refractivity contribution in [2.24, 2.45) is 0 Å². The van der Waals surface area contributed by atoms with Crippen LogP contribution in [0.5, 0.6) is 0 Å². The van der Waals surface area contributed by atoms with Gasteiger partial charge in [-0.1, -0.05) is 34.1 Å². The van der Waals surface area contributed by atoms with Gasteiger partial charge in [-0.3, -0.25) is 9.48 Å². The molecule has 0 saturated heterocycles. The van der Waals surface area contributed by atoms with Gasteiger partial charge in [0.2, 0.25) is 0 Å². The van der Waals surface area contributed by atoms with Crippen molar-refractivity contribution >= 4 is 32.8 Å². The average Bonchev–Trinajstić information content (AvgIpc) is 2.81. The van der Waals surface area contributed by atoms with Gasteiger partial charge in [-0.2, -0.15) is 5.10 Å². The minimum absolute atomic E-state index is 0.154. The van der Waals surface area contributed by atoms with Gasteiger partial charge >= 0.3 is 5.97 Å². The van der Waals surface area contributed by atoms with Gasteiger partial charge in [0.15, 0.2) is 0 Å². The summed E-state index contributed by atoms with van der Waals surface area (Å²) in [5, 5.41) is 5.48. The van der Waals surface area contributed by atoms with Gasteiger partial charge in [-0.15, -0.1) is 0 Å². The topological polar surface area (TPSA) is 44.1 Å². The van der Waals surface area contributed by atoms with Crippen LogP contribution >= 0.6 is 15.9 Å². The highest BCUT2D eigenvalue weighted by Crippen LogP contribution is 2.33. The van der Waals surface area contributed by atoms with E-state index in [1.54, 1.807) is 6.92 Å². The molecule has 2 rings (SSSR count). The first-order valence-electron chi connectivity index (χ1n) is 6.64. The number of hydrogen-bond acceptors (Lipinski definition) is 3. The summed E-state index contributed by atoms with van der Waals surface area (Å²) in [7, 11) is 0. The number of aromatic nitrogens is 2. The fourth-order valence-corrected chi connectivity index (χ4v) is 2.66.